The Labute approximate surface area is 470 Å². The smallest absolute Gasteiger partial charge is 0.326 e. The highest BCUT2D eigenvalue weighted by atomic mass is 16.4. The van der Waals surface area contributed by atoms with Crippen LogP contribution < -0.4 is 59.3 Å². The van der Waals surface area contributed by atoms with Gasteiger partial charge in [-0.3, -0.25) is 62.3 Å². The number of carboxylic acids is 4. The number of carbonyl (C=O) groups excluding carboxylic acids is 10. The summed E-state index contributed by atoms with van der Waals surface area (Å²) in [7, 11) is 0. The van der Waals surface area contributed by atoms with E-state index in [1.54, 1.807) is 62.3 Å². The first-order valence-corrected chi connectivity index (χ1v) is 26.7. The first-order chi connectivity index (χ1) is 37.4. The highest BCUT2D eigenvalue weighted by Gasteiger charge is 2.38. The molecule has 460 valence electrons. The number of primary amides is 1. The molecule has 0 aliphatic carbocycles. The van der Waals surface area contributed by atoms with Crippen LogP contribution in [0.5, 0.6) is 0 Å². The van der Waals surface area contributed by atoms with Crippen molar-refractivity contribution in [2.75, 3.05) is 0 Å². The van der Waals surface area contributed by atoms with Crippen molar-refractivity contribution in [2.45, 2.75) is 207 Å². The molecule has 0 fully saturated rings. The van der Waals surface area contributed by atoms with Gasteiger partial charge in [0.15, 0.2) is 0 Å². The van der Waals surface area contributed by atoms with Gasteiger partial charge in [0, 0.05) is 6.42 Å². The molecule has 10 amide bonds. The lowest BCUT2D eigenvalue weighted by atomic mass is 9.96. The van der Waals surface area contributed by atoms with E-state index in [2.05, 4.69) is 47.9 Å². The standard InChI is InChI=1S/C51H87N11O19/c1-12-26(10)40(49(78)59-34(21-39(69)70)47(76)60-35(51(80)81)18-25(8)9)61-43(72)29(13-14-36(53)64)54-50(79)41(27(11)63)62-48(77)32(17-24(6)7)57-45(74)31(16-23(4)5)56-46(75)33(20-38(67)68)58-44(73)30(15-22(2)3)55-42(71)28(52)19-37(65)66/h22-35,40-41,63H,12-21,52H2,1-11H3,(H2,53,64)(H,54,79)(H,55,71)(H,56,75)(H,57,74)(H,58,73)(H,59,78)(H,60,76)(H,61,72)(H,62,77)(H,65,66)(H,67,68)(H,69,70)(H,80,81)/t26-,27+,28-,29-,30-,31-,32-,33-,34-,35-,40-,41-/m0/s1. The molecule has 0 aromatic rings. The van der Waals surface area contributed by atoms with Gasteiger partial charge in [0.25, 0.3) is 0 Å². The molecule has 12 atom stereocenters. The first-order valence-electron chi connectivity index (χ1n) is 26.7. The molecular formula is C51H87N11O19. The Kier molecular flexibility index (Phi) is 32.6. The molecule has 30 heteroatoms. The number of amides is 10. The van der Waals surface area contributed by atoms with Gasteiger partial charge < -0.3 is 84.9 Å². The molecule has 0 unspecified atom stereocenters. The second kappa shape index (κ2) is 36.0. The van der Waals surface area contributed by atoms with Crippen LogP contribution in [0.2, 0.25) is 0 Å². The maximum absolute atomic E-state index is 14.1. The number of hydrogen-bond donors (Lipinski definition) is 16. The summed E-state index contributed by atoms with van der Waals surface area (Å²) in [6.45, 7) is 17.7. The van der Waals surface area contributed by atoms with Gasteiger partial charge in [0.05, 0.1) is 31.4 Å². The minimum atomic E-state index is -1.90. The summed E-state index contributed by atoms with van der Waals surface area (Å²) in [5.74, 6) is -18.6. The fraction of sp³-hybridized carbons (Fsp3) is 0.725. The maximum atomic E-state index is 14.1. The van der Waals surface area contributed by atoms with E-state index in [0.29, 0.717) is 0 Å². The van der Waals surface area contributed by atoms with E-state index in [0.717, 1.165) is 6.92 Å². The average Bonchev–Trinajstić information content (AvgIpc) is 3.32. The van der Waals surface area contributed by atoms with E-state index in [9.17, 15) is 87.5 Å². The molecule has 0 heterocycles. The summed E-state index contributed by atoms with van der Waals surface area (Å²) in [4.78, 5) is 182. The quantitative estimate of drug-likeness (QED) is 0.0293. The van der Waals surface area contributed by atoms with Crippen molar-refractivity contribution in [2.24, 2.45) is 41.1 Å². The molecule has 0 aliphatic rings. The van der Waals surface area contributed by atoms with Crippen LogP contribution in [-0.4, -0.2) is 175 Å². The molecule has 0 saturated carbocycles. The zero-order chi connectivity index (χ0) is 62.8. The van der Waals surface area contributed by atoms with Gasteiger partial charge in [-0.05, 0) is 68.6 Å². The van der Waals surface area contributed by atoms with E-state index >= 15 is 0 Å². The summed E-state index contributed by atoms with van der Waals surface area (Å²) in [5.41, 5.74) is 11.0. The van der Waals surface area contributed by atoms with Crippen molar-refractivity contribution >= 4 is 82.9 Å². The lowest BCUT2D eigenvalue weighted by molar-refractivity contribution is -0.144. The van der Waals surface area contributed by atoms with Gasteiger partial charge >= 0.3 is 23.9 Å². The Balaban J connectivity index is 6.83. The van der Waals surface area contributed by atoms with Crippen molar-refractivity contribution in [3.63, 3.8) is 0 Å². The zero-order valence-electron chi connectivity index (χ0n) is 47.9. The molecule has 0 radical (unpaired) electrons. The highest BCUT2D eigenvalue weighted by Crippen LogP contribution is 2.15. The lowest BCUT2D eigenvalue weighted by Crippen LogP contribution is -2.62. The third-order valence-electron chi connectivity index (χ3n) is 12.3. The number of aliphatic hydroxyl groups excluding tert-OH is 1. The minimum absolute atomic E-state index is 0.0391. The van der Waals surface area contributed by atoms with Gasteiger partial charge in [-0.25, -0.2) is 4.79 Å². The summed E-state index contributed by atoms with van der Waals surface area (Å²) in [6.07, 6.45) is -5.71. The lowest BCUT2D eigenvalue weighted by Gasteiger charge is -2.30. The molecule has 0 spiro atoms. The average molecular weight is 1160 g/mol. The fourth-order valence-electron chi connectivity index (χ4n) is 7.91. The van der Waals surface area contributed by atoms with Gasteiger partial charge in [0.2, 0.25) is 59.1 Å². The van der Waals surface area contributed by atoms with Crippen molar-refractivity contribution in [1.29, 1.82) is 0 Å². The van der Waals surface area contributed by atoms with Crippen molar-refractivity contribution in [3.05, 3.63) is 0 Å². The molecule has 0 bridgehead atoms. The minimum Gasteiger partial charge on any atom is -0.481 e. The molecule has 0 aromatic heterocycles. The predicted molar refractivity (Wildman–Crippen MR) is 287 cm³/mol. The molecule has 0 rings (SSSR count). The van der Waals surface area contributed by atoms with Crippen LogP contribution in [0.25, 0.3) is 0 Å². The van der Waals surface area contributed by atoms with Crippen molar-refractivity contribution in [1.82, 2.24) is 47.9 Å². The van der Waals surface area contributed by atoms with Crippen LogP contribution in [0.1, 0.15) is 140 Å². The maximum Gasteiger partial charge on any atom is 0.326 e. The van der Waals surface area contributed by atoms with E-state index in [4.69, 9.17) is 16.6 Å². The Morgan fingerprint density at radius 2 is 0.679 bits per heavy atom. The number of nitrogens with one attached hydrogen (secondary N) is 9. The summed E-state index contributed by atoms with van der Waals surface area (Å²) in [5, 5.41) is 70.0. The van der Waals surface area contributed by atoms with Gasteiger partial charge in [-0.15, -0.1) is 0 Å². The fourth-order valence-corrected chi connectivity index (χ4v) is 7.91. The van der Waals surface area contributed by atoms with Crippen LogP contribution in [-0.2, 0) is 67.1 Å². The van der Waals surface area contributed by atoms with Gasteiger partial charge in [-0.1, -0.05) is 75.7 Å². The second-order valence-electron chi connectivity index (χ2n) is 21.8. The van der Waals surface area contributed by atoms with Gasteiger partial charge in [-0.2, -0.15) is 0 Å². The molecule has 0 aliphatic heterocycles. The summed E-state index contributed by atoms with van der Waals surface area (Å²) < 4.78 is 0. The normalized spacial score (nSPS) is 15.8. The first kappa shape index (κ1) is 73.5. The van der Waals surface area contributed by atoms with Crippen molar-refractivity contribution in [3.8, 4) is 0 Å². The molecule has 30 nitrogen and oxygen atoms in total. The van der Waals surface area contributed by atoms with E-state index in [-0.39, 0.29) is 55.8 Å². The number of hydrogen-bond acceptors (Lipinski definition) is 16. The molecule has 0 saturated heterocycles. The number of nitrogens with two attached hydrogens (primary N) is 2. The second-order valence-corrected chi connectivity index (χ2v) is 21.8. The number of carbonyl (C=O) groups is 14. The van der Waals surface area contributed by atoms with E-state index in [1.807, 2.05) is 0 Å². The van der Waals surface area contributed by atoms with E-state index in [1.165, 1.54) is 6.92 Å². The molecule has 0 aromatic carbocycles. The molecular weight excluding hydrogens is 1070 g/mol. The number of rotatable bonds is 39. The van der Waals surface area contributed by atoms with Crippen LogP contribution in [0.4, 0.5) is 0 Å². The predicted octanol–water partition coefficient (Wildman–Crippen LogP) is -2.94. The van der Waals surface area contributed by atoms with Crippen molar-refractivity contribution < 1.29 is 92.7 Å². The molecule has 81 heavy (non-hydrogen) atoms. The Morgan fingerprint density at radius 1 is 0.383 bits per heavy atom. The topological polar surface area (TPSA) is 500 Å². The van der Waals surface area contributed by atoms with Crippen LogP contribution >= 0.6 is 0 Å². The largest absolute Gasteiger partial charge is 0.481 e. The Morgan fingerprint density at radius 3 is 1.04 bits per heavy atom. The number of aliphatic hydroxyl groups is 1. The van der Waals surface area contributed by atoms with Crippen LogP contribution in [0, 0.1) is 29.6 Å². The molecule has 18 N–H and O–H groups in total. The zero-order valence-corrected chi connectivity index (χ0v) is 47.9. The number of carboxylic acid groups (broad SMARTS) is 4. The van der Waals surface area contributed by atoms with Crippen LogP contribution in [0.3, 0.4) is 0 Å². The van der Waals surface area contributed by atoms with Gasteiger partial charge in [0.1, 0.15) is 54.4 Å². The third kappa shape index (κ3) is 29.0. The summed E-state index contributed by atoms with van der Waals surface area (Å²) in [6, 6.07) is -16.3. The van der Waals surface area contributed by atoms with Crippen LogP contribution in [0.15, 0.2) is 0 Å². The SMILES string of the molecule is CC[C@H](C)[C@H](NC(=O)[C@H](CCC(N)=O)NC(=O)[C@@H](NC(=O)[C@H](CC(C)C)NC(=O)[C@H](CC(C)C)NC(=O)[C@H](CC(=O)O)NC(=O)[C@H](CC(C)C)NC(=O)[C@@H](N)CC(=O)O)[C@@H](C)O)C(=O)N[C@@H](CC(=O)O)C(=O)N[C@@H](CC(C)C)C(=O)O. The third-order valence-corrected chi connectivity index (χ3v) is 12.3. The highest BCUT2D eigenvalue weighted by molar-refractivity contribution is 6.00. The Bertz CT molecular complexity index is 2230. The monoisotopic (exact) mass is 1160 g/mol. The number of aliphatic carboxylic acids is 4. The Hall–Kier alpha value is -7.50. The van der Waals surface area contributed by atoms with E-state index < -0.39 is 187 Å². The summed E-state index contributed by atoms with van der Waals surface area (Å²) >= 11 is 0.